The third kappa shape index (κ3) is 4.50. The minimum atomic E-state index is -1.01. The number of carbonyl (C=O) groups excluding carboxylic acids is 2. The van der Waals surface area contributed by atoms with Gasteiger partial charge in [0.2, 0.25) is 5.91 Å². The minimum absolute atomic E-state index is 0. The minimum Gasteiger partial charge on any atom is -0.391 e. The summed E-state index contributed by atoms with van der Waals surface area (Å²) in [6, 6.07) is 6.23. The molecular weight excluding hydrogens is 460 g/mol. The number of amidine groups is 1. The number of nitrogens with zero attached hydrogens (tertiary/aromatic N) is 2. The van der Waals surface area contributed by atoms with Crippen LogP contribution in [0, 0.1) is 5.41 Å². The summed E-state index contributed by atoms with van der Waals surface area (Å²) in [6.07, 6.45) is -0.363. The summed E-state index contributed by atoms with van der Waals surface area (Å²) in [4.78, 5) is 31.5. The molecule has 0 aromatic heterocycles. The molecule has 160 valence electrons. The molecule has 1 fully saturated rings. The predicted octanol–water partition coefficient (Wildman–Crippen LogP) is 1.95. The first-order chi connectivity index (χ1) is 12.9. The number of carbonyl (C=O) groups is 2. The third-order valence-electron chi connectivity index (χ3n) is 5.53. The lowest BCUT2D eigenvalue weighted by Crippen LogP contribution is -2.55. The molecule has 0 aliphatic carbocycles. The molecule has 2 heterocycles. The maximum Gasteiger partial charge on any atom is 0.277 e. The Morgan fingerprint density at radius 1 is 1.38 bits per heavy atom. The first kappa shape index (κ1) is 23.8. The number of nitrogens with one attached hydrogen (secondary N) is 1. The Balaban J connectivity index is 0.00000300. The van der Waals surface area contributed by atoms with Gasteiger partial charge in [-0.15, -0.1) is 12.4 Å². The number of hydrogen-bond donors (Lipinski definition) is 3. The van der Waals surface area contributed by atoms with Gasteiger partial charge in [0.05, 0.1) is 18.2 Å². The molecule has 2 aliphatic heterocycles. The maximum absolute atomic E-state index is 13.0. The second-order valence-corrected chi connectivity index (χ2v) is 9.71. The lowest BCUT2D eigenvalue weighted by atomic mass is 9.86. The fraction of sp³-hybridized carbons (Fsp3) is 0.550. The van der Waals surface area contributed by atoms with Crippen molar-refractivity contribution in [3.8, 4) is 0 Å². The molecule has 1 aromatic rings. The molecule has 0 saturated carbocycles. The third-order valence-corrected chi connectivity index (χ3v) is 6.05. The van der Waals surface area contributed by atoms with Crippen LogP contribution in [0.25, 0.3) is 0 Å². The van der Waals surface area contributed by atoms with Gasteiger partial charge in [0, 0.05) is 17.4 Å². The smallest absolute Gasteiger partial charge is 0.277 e. The van der Waals surface area contributed by atoms with Gasteiger partial charge in [-0.3, -0.25) is 9.59 Å². The van der Waals surface area contributed by atoms with Crippen LogP contribution in [-0.2, 0) is 15.1 Å². The number of halogens is 2. The molecule has 2 aliphatic rings. The average molecular weight is 488 g/mol. The number of aliphatic hydroxyl groups is 1. The van der Waals surface area contributed by atoms with Crippen LogP contribution in [0.2, 0.25) is 0 Å². The molecule has 0 radical (unpaired) electrons. The Labute approximate surface area is 185 Å². The van der Waals surface area contributed by atoms with E-state index in [0.717, 1.165) is 10.0 Å². The summed E-state index contributed by atoms with van der Waals surface area (Å²) >= 11 is 3.39. The quantitative estimate of drug-likeness (QED) is 0.604. The van der Waals surface area contributed by atoms with E-state index in [9.17, 15) is 14.7 Å². The van der Waals surface area contributed by atoms with E-state index in [-0.39, 0.29) is 30.8 Å². The van der Waals surface area contributed by atoms with E-state index in [1.165, 1.54) is 0 Å². The zero-order chi connectivity index (χ0) is 20.9. The standard InChI is InChI=1S/C20H27BrN4O3.ClH/c1-19(2,3)15(22)17(27)25-10-13(26)9-14(25)16-23-18(28)20(4,24-16)11-5-7-12(21)8-6-11;/h5-8,13-15,26H,9-10,22H2,1-4H3,(H,23,24,28);1H/t13-,14?,15?,20?;/m1./s1. The number of rotatable bonds is 3. The van der Waals surface area contributed by atoms with Crippen LogP contribution >= 0.6 is 28.3 Å². The summed E-state index contributed by atoms with van der Waals surface area (Å²) in [6.45, 7) is 7.65. The zero-order valence-corrected chi connectivity index (χ0v) is 19.4. The fourth-order valence-corrected chi connectivity index (χ4v) is 3.83. The number of likely N-dealkylation sites (tertiary alicyclic amines) is 1. The van der Waals surface area contributed by atoms with Gasteiger partial charge in [0.15, 0.2) is 0 Å². The largest absolute Gasteiger partial charge is 0.391 e. The number of hydrogen-bond acceptors (Lipinski definition) is 5. The van der Waals surface area contributed by atoms with E-state index >= 15 is 0 Å². The van der Waals surface area contributed by atoms with Crippen molar-refractivity contribution in [2.24, 2.45) is 16.1 Å². The Morgan fingerprint density at radius 2 is 1.97 bits per heavy atom. The van der Waals surface area contributed by atoms with Crippen LogP contribution in [-0.4, -0.2) is 52.4 Å². The molecule has 1 aromatic carbocycles. The summed E-state index contributed by atoms with van der Waals surface area (Å²) < 4.78 is 0.915. The molecule has 7 nitrogen and oxygen atoms in total. The summed E-state index contributed by atoms with van der Waals surface area (Å²) in [5.74, 6) is -0.164. The van der Waals surface area contributed by atoms with Crippen molar-refractivity contribution in [2.75, 3.05) is 6.54 Å². The SMILES string of the molecule is CC1(c2ccc(Br)cc2)NC(C2C[C@@H](O)CN2C(=O)C(N)C(C)(C)C)=NC1=O.Cl. The molecule has 3 rings (SSSR count). The number of β-amino-alcohol motifs (C(OH)–C–C–N with tert-alkyl or cyclic N) is 1. The predicted molar refractivity (Wildman–Crippen MR) is 118 cm³/mol. The van der Waals surface area contributed by atoms with Crippen molar-refractivity contribution in [3.63, 3.8) is 0 Å². The van der Waals surface area contributed by atoms with Crippen LogP contribution in [0.5, 0.6) is 0 Å². The lowest BCUT2D eigenvalue weighted by Gasteiger charge is -2.33. The number of aliphatic imine (C=N–C) groups is 1. The van der Waals surface area contributed by atoms with E-state index in [2.05, 4.69) is 26.2 Å². The first-order valence-corrected chi connectivity index (χ1v) is 10.1. The summed E-state index contributed by atoms with van der Waals surface area (Å²) in [7, 11) is 0. The van der Waals surface area contributed by atoms with E-state index in [1.807, 2.05) is 45.0 Å². The summed E-state index contributed by atoms with van der Waals surface area (Å²) in [5, 5.41) is 13.4. The Kier molecular flexibility index (Phi) is 6.84. The highest BCUT2D eigenvalue weighted by Gasteiger charge is 2.48. The van der Waals surface area contributed by atoms with Gasteiger partial charge in [0.25, 0.3) is 5.91 Å². The van der Waals surface area contributed by atoms with Crippen molar-refractivity contribution < 1.29 is 14.7 Å². The molecular formula is C20H28BrClN4O3. The van der Waals surface area contributed by atoms with Gasteiger partial charge in [-0.25, -0.2) is 0 Å². The highest BCUT2D eigenvalue weighted by atomic mass is 79.9. The zero-order valence-electron chi connectivity index (χ0n) is 17.0. The normalized spacial score (nSPS) is 27.9. The molecule has 9 heteroatoms. The van der Waals surface area contributed by atoms with Crippen molar-refractivity contribution >= 4 is 46.0 Å². The Morgan fingerprint density at radius 3 is 2.52 bits per heavy atom. The maximum atomic E-state index is 13.0. The Bertz CT molecular complexity index is 824. The molecule has 3 unspecified atom stereocenters. The second-order valence-electron chi connectivity index (χ2n) is 8.80. The first-order valence-electron chi connectivity index (χ1n) is 9.35. The number of benzene rings is 1. The van der Waals surface area contributed by atoms with Crippen molar-refractivity contribution in [1.29, 1.82) is 0 Å². The van der Waals surface area contributed by atoms with Crippen LogP contribution in [0.3, 0.4) is 0 Å². The van der Waals surface area contributed by atoms with Gasteiger partial charge in [-0.1, -0.05) is 48.8 Å². The van der Waals surface area contributed by atoms with Gasteiger partial charge in [-0.05, 0) is 30.0 Å². The average Bonchev–Trinajstić information content (AvgIpc) is 3.14. The Hall–Kier alpha value is -1.48. The molecule has 4 N–H and O–H groups in total. The van der Waals surface area contributed by atoms with Crippen LogP contribution in [0.4, 0.5) is 0 Å². The van der Waals surface area contributed by atoms with Gasteiger partial charge < -0.3 is 21.1 Å². The van der Waals surface area contributed by atoms with Crippen LogP contribution in [0.15, 0.2) is 33.7 Å². The van der Waals surface area contributed by atoms with Crippen molar-refractivity contribution in [1.82, 2.24) is 10.2 Å². The topological polar surface area (TPSA) is 108 Å². The van der Waals surface area contributed by atoms with Gasteiger partial charge in [-0.2, -0.15) is 4.99 Å². The van der Waals surface area contributed by atoms with Gasteiger partial charge >= 0.3 is 0 Å². The number of amides is 2. The monoisotopic (exact) mass is 486 g/mol. The molecule has 1 saturated heterocycles. The highest BCUT2D eigenvalue weighted by molar-refractivity contribution is 9.10. The van der Waals surface area contributed by atoms with Crippen molar-refractivity contribution in [2.45, 2.75) is 57.8 Å². The second kappa shape index (κ2) is 8.34. The molecule has 0 spiro atoms. The van der Waals surface area contributed by atoms with E-state index in [0.29, 0.717) is 12.3 Å². The number of nitrogens with two attached hydrogens (primary N) is 1. The molecule has 29 heavy (non-hydrogen) atoms. The lowest BCUT2D eigenvalue weighted by molar-refractivity contribution is -0.135. The van der Waals surface area contributed by atoms with Crippen LogP contribution < -0.4 is 11.1 Å². The molecule has 4 atom stereocenters. The highest BCUT2D eigenvalue weighted by Crippen LogP contribution is 2.31. The summed E-state index contributed by atoms with van der Waals surface area (Å²) in [5.41, 5.74) is 5.52. The molecule has 0 bridgehead atoms. The fourth-order valence-electron chi connectivity index (χ4n) is 3.56. The van der Waals surface area contributed by atoms with Gasteiger partial charge in [0.1, 0.15) is 11.4 Å². The van der Waals surface area contributed by atoms with E-state index in [4.69, 9.17) is 5.73 Å². The van der Waals surface area contributed by atoms with E-state index in [1.54, 1.807) is 11.8 Å². The van der Waals surface area contributed by atoms with Crippen molar-refractivity contribution in [3.05, 3.63) is 34.3 Å². The van der Waals surface area contributed by atoms with Crippen LogP contribution in [0.1, 0.15) is 39.7 Å². The van der Waals surface area contributed by atoms with E-state index < -0.39 is 29.1 Å². The number of aliphatic hydroxyl groups excluding tert-OH is 1. The molecule has 2 amide bonds.